The number of hydrogen-bond acceptors (Lipinski definition) is 4. The van der Waals surface area contributed by atoms with Crippen LogP contribution in [0.3, 0.4) is 0 Å². The smallest absolute Gasteiger partial charge is 0.253 e. The first-order valence-corrected chi connectivity index (χ1v) is 8.20. The van der Waals surface area contributed by atoms with Crippen molar-refractivity contribution in [2.75, 3.05) is 0 Å². The van der Waals surface area contributed by atoms with Crippen LogP contribution in [0.1, 0.15) is 21.6 Å². The number of carbonyl (C=O) groups is 2. The fourth-order valence-electron chi connectivity index (χ4n) is 2.67. The molecule has 26 heavy (non-hydrogen) atoms. The van der Waals surface area contributed by atoms with E-state index in [1.807, 2.05) is 30.3 Å². The van der Waals surface area contributed by atoms with Crippen LogP contribution >= 0.6 is 0 Å². The lowest BCUT2D eigenvalue weighted by Gasteiger charge is -2.16. The number of amides is 2. The van der Waals surface area contributed by atoms with Gasteiger partial charge in [0.25, 0.3) is 5.91 Å². The van der Waals surface area contributed by atoms with Crippen molar-refractivity contribution < 1.29 is 14.0 Å². The van der Waals surface area contributed by atoms with E-state index in [2.05, 4.69) is 10.3 Å². The van der Waals surface area contributed by atoms with E-state index >= 15 is 0 Å². The molecule has 2 amide bonds. The van der Waals surface area contributed by atoms with Crippen LogP contribution in [0.25, 0.3) is 11.5 Å². The summed E-state index contributed by atoms with van der Waals surface area (Å²) >= 11 is 0. The van der Waals surface area contributed by atoms with Crippen LogP contribution in [-0.4, -0.2) is 22.8 Å². The van der Waals surface area contributed by atoms with Crippen LogP contribution in [0.4, 0.5) is 0 Å². The van der Waals surface area contributed by atoms with Crippen molar-refractivity contribution in [3.8, 4) is 11.5 Å². The highest BCUT2D eigenvalue weighted by molar-refractivity contribution is 5.98. The predicted octanol–water partition coefficient (Wildman–Crippen LogP) is 2.48. The Bertz CT molecular complexity index is 905. The van der Waals surface area contributed by atoms with Gasteiger partial charge in [0.2, 0.25) is 5.91 Å². The fraction of sp³-hybridized carbons (Fsp3) is 0.150. The molecule has 3 N–H and O–H groups in total. The standard InChI is InChI=1S/C20H19N3O3/c1-13-15(9-10-16(22-13)18-8-5-11-26-18)20(25)23-17(19(21)24)12-14-6-3-2-4-7-14/h2-11,17H,12H2,1H3,(H2,21,24)(H,23,25)/t17-/m1/s1. The first kappa shape index (κ1) is 17.4. The van der Waals surface area contributed by atoms with Gasteiger partial charge in [0.05, 0.1) is 17.5 Å². The van der Waals surface area contributed by atoms with Gasteiger partial charge < -0.3 is 15.5 Å². The number of aromatic nitrogens is 1. The third-order valence-electron chi connectivity index (χ3n) is 4.04. The van der Waals surface area contributed by atoms with Crippen LogP contribution in [0.15, 0.2) is 65.3 Å². The molecule has 0 radical (unpaired) electrons. The largest absolute Gasteiger partial charge is 0.463 e. The molecule has 2 aromatic heterocycles. The number of nitrogens with one attached hydrogen (secondary N) is 1. The number of nitrogens with zero attached hydrogens (tertiary/aromatic N) is 1. The van der Waals surface area contributed by atoms with Crippen molar-refractivity contribution in [3.05, 3.63) is 77.7 Å². The molecule has 3 aromatic rings. The highest BCUT2D eigenvalue weighted by Crippen LogP contribution is 2.19. The summed E-state index contributed by atoms with van der Waals surface area (Å²) in [7, 11) is 0. The minimum absolute atomic E-state index is 0.332. The maximum absolute atomic E-state index is 12.6. The van der Waals surface area contributed by atoms with Gasteiger partial charge in [-0.25, -0.2) is 4.98 Å². The summed E-state index contributed by atoms with van der Waals surface area (Å²) in [5, 5.41) is 2.70. The first-order valence-electron chi connectivity index (χ1n) is 8.20. The molecule has 2 heterocycles. The third kappa shape index (κ3) is 3.97. The van der Waals surface area contributed by atoms with Gasteiger partial charge in [-0.2, -0.15) is 0 Å². The number of nitrogens with two attached hydrogens (primary N) is 1. The topological polar surface area (TPSA) is 98.2 Å². The second-order valence-corrected chi connectivity index (χ2v) is 5.92. The Labute approximate surface area is 151 Å². The van der Waals surface area contributed by atoms with Crippen molar-refractivity contribution in [2.45, 2.75) is 19.4 Å². The van der Waals surface area contributed by atoms with Crippen LogP contribution in [0.5, 0.6) is 0 Å². The van der Waals surface area contributed by atoms with Gasteiger partial charge >= 0.3 is 0 Å². The Morgan fingerprint density at radius 1 is 1.12 bits per heavy atom. The number of hydrogen-bond donors (Lipinski definition) is 2. The second-order valence-electron chi connectivity index (χ2n) is 5.92. The quantitative estimate of drug-likeness (QED) is 0.714. The number of rotatable bonds is 6. The van der Waals surface area contributed by atoms with E-state index in [0.29, 0.717) is 29.1 Å². The molecule has 0 aliphatic rings. The van der Waals surface area contributed by atoms with Gasteiger partial charge in [-0.15, -0.1) is 0 Å². The van der Waals surface area contributed by atoms with E-state index in [4.69, 9.17) is 10.2 Å². The molecule has 0 unspecified atom stereocenters. The number of carbonyl (C=O) groups excluding carboxylic acids is 2. The molecule has 0 aliphatic heterocycles. The summed E-state index contributed by atoms with van der Waals surface area (Å²) in [6.07, 6.45) is 1.90. The molecule has 1 aromatic carbocycles. The summed E-state index contributed by atoms with van der Waals surface area (Å²) in [6.45, 7) is 1.73. The third-order valence-corrected chi connectivity index (χ3v) is 4.04. The van der Waals surface area contributed by atoms with Gasteiger partial charge in [0, 0.05) is 6.42 Å². The zero-order valence-corrected chi connectivity index (χ0v) is 14.3. The van der Waals surface area contributed by atoms with E-state index < -0.39 is 11.9 Å². The van der Waals surface area contributed by atoms with E-state index in [0.717, 1.165) is 5.56 Å². The number of furan rings is 1. The molecule has 0 fully saturated rings. The molecule has 3 rings (SSSR count). The normalized spacial score (nSPS) is 11.7. The van der Waals surface area contributed by atoms with Crippen molar-refractivity contribution >= 4 is 11.8 Å². The zero-order chi connectivity index (χ0) is 18.5. The maximum atomic E-state index is 12.6. The molecule has 132 valence electrons. The Hall–Kier alpha value is -3.41. The number of benzene rings is 1. The minimum atomic E-state index is -0.797. The van der Waals surface area contributed by atoms with Gasteiger partial charge in [0.15, 0.2) is 5.76 Å². The lowest BCUT2D eigenvalue weighted by Crippen LogP contribution is -2.46. The van der Waals surface area contributed by atoms with Crippen molar-refractivity contribution in [2.24, 2.45) is 5.73 Å². The van der Waals surface area contributed by atoms with E-state index in [1.165, 1.54) is 0 Å². The molecule has 0 bridgehead atoms. The molecule has 6 nitrogen and oxygen atoms in total. The minimum Gasteiger partial charge on any atom is -0.463 e. The van der Waals surface area contributed by atoms with Gasteiger partial charge in [-0.05, 0) is 36.8 Å². The number of primary amides is 1. The SMILES string of the molecule is Cc1nc(-c2ccco2)ccc1C(=O)N[C@H](Cc1ccccc1)C(N)=O. The van der Waals surface area contributed by atoms with Crippen LogP contribution in [0, 0.1) is 6.92 Å². The van der Waals surface area contributed by atoms with Crippen molar-refractivity contribution in [1.29, 1.82) is 0 Å². The fourth-order valence-corrected chi connectivity index (χ4v) is 2.67. The molecule has 0 saturated carbocycles. The molecule has 1 atom stereocenters. The van der Waals surface area contributed by atoms with Crippen LogP contribution < -0.4 is 11.1 Å². The van der Waals surface area contributed by atoms with Gasteiger partial charge in [-0.1, -0.05) is 30.3 Å². The van der Waals surface area contributed by atoms with E-state index in [9.17, 15) is 9.59 Å². The molecular formula is C20H19N3O3. The lowest BCUT2D eigenvalue weighted by atomic mass is 10.0. The van der Waals surface area contributed by atoms with Crippen molar-refractivity contribution in [3.63, 3.8) is 0 Å². The lowest BCUT2D eigenvalue weighted by molar-refractivity contribution is -0.119. The molecule has 0 aliphatic carbocycles. The molecule has 6 heteroatoms. The van der Waals surface area contributed by atoms with Gasteiger partial charge in [0.1, 0.15) is 11.7 Å². The highest BCUT2D eigenvalue weighted by Gasteiger charge is 2.21. The first-order chi connectivity index (χ1) is 12.5. The summed E-state index contributed by atoms with van der Waals surface area (Å²) in [6, 6.07) is 15.5. The van der Waals surface area contributed by atoms with Gasteiger partial charge in [-0.3, -0.25) is 9.59 Å². The second kappa shape index (κ2) is 7.65. The van der Waals surface area contributed by atoms with Crippen molar-refractivity contribution in [1.82, 2.24) is 10.3 Å². The Balaban J connectivity index is 1.76. The Kier molecular flexibility index (Phi) is 5.12. The van der Waals surface area contributed by atoms with E-state index in [-0.39, 0.29) is 5.91 Å². The summed E-state index contributed by atoms with van der Waals surface area (Å²) in [4.78, 5) is 28.7. The average Bonchev–Trinajstić information content (AvgIpc) is 3.16. The predicted molar refractivity (Wildman–Crippen MR) is 97.3 cm³/mol. The Morgan fingerprint density at radius 2 is 1.88 bits per heavy atom. The summed E-state index contributed by atoms with van der Waals surface area (Å²) < 4.78 is 5.31. The highest BCUT2D eigenvalue weighted by atomic mass is 16.3. The Morgan fingerprint density at radius 3 is 2.50 bits per heavy atom. The summed E-state index contributed by atoms with van der Waals surface area (Å²) in [5.74, 6) is -0.347. The molecular weight excluding hydrogens is 330 g/mol. The monoisotopic (exact) mass is 349 g/mol. The van der Waals surface area contributed by atoms with Crippen LogP contribution in [0.2, 0.25) is 0 Å². The molecule has 0 spiro atoms. The average molecular weight is 349 g/mol. The number of pyridine rings is 1. The zero-order valence-electron chi connectivity index (χ0n) is 14.3. The van der Waals surface area contributed by atoms with Crippen LogP contribution in [-0.2, 0) is 11.2 Å². The maximum Gasteiger partial charge on any atom is 0.253 e. The van der Waals surface area contributed by atoms with E-state index in [1.54, 1.807) is 37.5 Å². The summed E-state index contributed by atoms with van der Waals surface area (Å²) in [5.41, 5.74) is 7.94. The number of aryl methyl sites for hydroxylation is 1. The molecule has 0 saturated heterocycles.